The molecule has 0 amide bonds. The van der Waals surface area contributed by atoms with Gasteiger partial charge in [0.1, 0.15) is 11.6 Å². The molecule has 0 bridgehead atoms. The van der Waals surface area contributed by atoms with Crippen molar-refractivity contribution in [2.75, 3.05) is 25.5 Å². The van der Waals surface area contributed by atoms with Gasteiger partial charge in [-0.25, -0.2) is 24.4 Å². The average molecular weight is 388 g/mol. The Morgan fingerprint density at radius 3 is 2.50 bits per heavy atom. The van der Waals surface area contributed by atoms with E-state index >= 15 is 0 Å². The molecule has 0 radical (unpaired) electrons. The van der Waals surface area contributed by atoms with E-state index in [1.807, 2.05) is 31.1 Å². The zero-order chi connectivity index (χ0) is 20.3. The fourth-order valence-electron chi connectivity index (χ4n) is 2.48. The average Bonchev–Trinajstić information content (AvgIpc) is 3.06. The van der Waals surface area contributed by atoms with Gasteiger partial charge in [-0.15, -0.1) is 0 Å². The highest BCUT2D eigenvalue weighted by molar-refractivity contribution is 5.59. The fourth-order valence-corrected chi connectivity index (χ4v) is 2.48. The van der Waals surface area contributed by atoms with Crippen LogP contribution >= 0.6 is 0 Å². The van der Waals surface area contributed by atoms with Crippen molar-refractivity contribution in [2.24, 2.45) is 5.73 Å². The molecule has 0 aliphatic carbocycles. The van der Waals surface area contributed by atoms with Crippen molar-refractivity contribution in [3.05, 3.63) is 58.7 Å². The molecule has 0 saturated heterocycles. The lowest BCUT2D eigenvalue weighted by atomic mass is 10.2. The molecule has 0 unspecified atom stereocenters. The minimum Gasteiger partial charge on any atom is -0.363 e. The standard InChI is InChI=1S/C17H18F2N8O/c1-26(2)13-4-3-10(7-22-13)12-8-23-15(9-21-12)27-14(24-25-17(27)28)5-11(6-20)16(18)19/h3-4,7-9H,5-6,20H2,1-2H3,(H,25,28). The molecule has 3 rings (SSSR count). The molecule has 0 spiro atoms. The second-order valence-electron chi connectivity index (χ2n) is 6.08. The highest BCUT2D eigenvalue weighted by Gasteiger charge is 2.16. The van der Waals surface area contributed by atoms with Crippen molar-refractivity contribution >= 4 is 5.82 Å². The normalized spacial score (nSPS) is 10.8. The summed E-state index contributed by atoms with van der Waals surface area (Å²) in [5.41, 5.74) is 5.72. The molecule has 0 aliphatic heterocycles. The van der Waals surface area contributed by atoms with Crippen LogP contribution in [0.5, 0.6) is 0 Å². The number of halogens is 2. The maximum absolute atomic E-state index is 12.9. The summed E-state index contributed by atoms with van der Waals surface area (Å²) in [6, 6.07) is 3.69. The first-order valence-corrected chi connectivity index (χ1v) is 8.26. The third-order valence-corrected chi connectivity index (χ3v) is 4.00. The topological polar surface area (TPSA) is 119 Å². The molecule has 3 N–H and O–H groups in total. The number of hydrogen-bond donors (Lipinski definition) is 2. The van der Waals surface area contributed by atoms with E-state index in [-0.39, 0.29) is 30.2 Å². The van der Waals surface area contributed by atoms with E-state index in [9.17, 15) is 13.6 Å². The highest BCUT2D eigenvalue weighted by Crippen LogP contribution is 2.18. The van der Waals surface area contributed by atoms with Crippen molar-refractivity contribution in [3.8, 4) is 17.1 Å². The lowest BCUT2D eigenvalue weighted by molar-refractivity contribution is 0.407. The summed E-state index contributed by atoms with van der Waals surface area (Å²) in [4.78, 5) is 26.8. The first-order chi connectivity index (χ1) is 13.4. The third-order valence-electron chi connectivity index (χ3n) is 4.00. The summed E-state index contributed by atoms with van der Waals surface area (Å²) < 4.78 is 26.9. The van der Waals surface area contributed by atoms with E-state index in [1.165, 1.54) is 12.4 Å². The van der Waals surface area contributed by atoms with Crippen molar-refractivity contribution in [2.45, 2.75) is 6.42 Å². The fraction of sp³-hybridized carbons (Fsp3) is 0.235. The Morgan fingerprint density at radius 2 is 1.96 bits per heavy atom. The summed E-state index contributed by atoms with van der Waals surface area (Å²) in [5, 5.41) is 6.02. The zero-order valence-electron chi connectivity index (χ0n) is 15.2. The molecule has 0 aromatic carbocycles. The van der Waals surface area contributed by atoms with Crippen molar-refractivity contribution < 1.29 is 8.78 Å². The van der Waals surface area contributed by atoms with E-state index in [2.05, 4.69) is 25.1 Å². The number of pyridine rings is 1. The van der Waals surface area contributed by atoms with Gasteiger partial charge >= 0.3 is 5.69 Å². The van der Waals surface area contributed by atoms with Gasteiger partial charge < -0.3 is 10.6 Å². The molecule has 28 heavy (non-hydrogen) atoms. The first-order valence-electron chi connectivity index (χ1n) is 8.26. The predicted molar refractivity (Wildman–Crippen MR) is 99.3 cm³/mol. The summed E-state index contributed by atoms with van der Waals surface area (Å²) in [5.74, 6) is 1.02. The first kappa shape index (κ1) is 19.3. The monoisotopic (exact) mass is 388 g/mol. The number of aromatic amines is 1. The highest BCUT2D eigenvalue weighted by atomic mass is 19.3. The smallest absolute Gasteiger partial charge is 0.349 e. The minimum absolute atomic E-state index is 0.0669. The molecular formula is C17H18F2N8O. The molecule has 3 aromatic heterocycles. The maximum Gasteiger partial charge on any atom is 0.349 e. The SMILES string of the molecule is CN(C)c1ccc(-c2cnc(-n3c(CC(CN)=C(F)F)n[nH]c3=O)cn2)cn1. The Kier molecular flexibility index (Phi) is 5.54. The third kappa shape index (κ3) is 3.93. The summed E-state index contributed by atoms with van der Waals surface area (Å²) in [7, 11) is 3.77. The molecule has 3 heterocycles. The number of rotatable bonds is 6. The molecule has 11 heteroatoms. The van der Waals surface area contributed by atoms with Gasteiger partial charge in [-0.2, -0.15) is 13.9 Å². The van der Waals surface area contributed by atoms with Crippen LogP contribution in [0.15, 0.2) is 47.2 Å². The van der Waals surface area contributed by atoms with Crippen LogP contribution in [-0.4, -0.2) is 50.4 Å². The lowest BCUT2D eigenvalue weighted by Gasteiger charge is -2.11. The van der Waals surface area contributed by atoms with E-state index in [1.54, 1.807) is 6.20 Å². The molecular weight excluding hydrogens is 370 g/mol. The lowest BCUT2D eigenvalue weighted by Crippen LogP contribution is -2.19. The van der Waals surface area contributed by atoms with Crippen LogP contribution in [0.25, 0.3) is 17.1 Å². The number of aromatic nitrogens is 6. The number of anilines is 1. The van der Waals surface area contributed by atoms with Crippen LogP contribution < -0.4 is 16.3 Å². The van der Waals surface area contributed by atoms with E-state index in [4.69, 9.17) is 5.73 Å². The summed E-state index contributed by atoms with van der Waals surface area (Å²) in [6.07, 6.45) is 2.33. The number of hydrogen-bond acceptors (Lipinski definition) is 7. The quantitative estimate of drug-likeness (QED) is 0.650. The van der Waals surface area contributed by atoms with E-state index in [0.29, 0.717) is 5.69 Å². The zero-order valence-corrected chi connectivity index (χ0v) is 15.2. The van der Waals surface area contributed by atoms with Gasteiger partial charge in [-0.3, -0.25) is 4.98 Å². The number of H-pyrrole nitrogens is 1. The summed E-state index contributed by atoms with van der Waals surface area (Å²) in [6.45, 7) is -0.343. The van der Waals surface area contributed by atoms with Crippen molar-refractivity contribution in [1.82, 2.24) is 29.7 Å². The largest absolute Gasteiger partial charge is 0.363 e. The number of nitrogens with one attached hydrogen (secondary N) is 1. The Morgan fingerprint density at radius 1 is 1.18 bits per heavy atom. The Balaban J connectivity index is 1.91. The van der Waals surface area contributed by atoms with Gasteiger partial charge in [0.15, 0.2) is 5.82 Å². The van der Waals surface area contributed by atoms with Gasteiger partial charge in [0.2, 0.25) is 0 Å². The van der Waals surface area contributed by atoms with Gasteiger partial charge in [-0.05, 0) is 12.1 Å². The van der Waals surface area contributed by atoms with Crippen LogP contribution in [-0.2, 0) is 6.42 Å². The van der Waals surface area contributed by atoms with E-state index < -0.39 is 11.8 Å². The van der Waals surface area contributed by atoms with Crippen LogP contribution in [0.4, 0.5) is 14.6 Å². The molecule has 0 saturated carbocycles. The second kappa shape index (κ2) is 8.05. The van der Waals surface area contributed by atoms with Gasteiger partial charge in [-0.1, -0.05) is 0 Å². The maximum atomic E-state index is 12.9. The number of nitrogens with zero attached hydrogens (tertiary/aromatic N) is 6. The molecule has 3 aromatic rings. The van der Waals surface area contributed by atoms with Crippen molar-refractivity contribution in [3.63, 3.8) is 0 Å². The van der Waals surface area contributed by atoms with Crippen LogP contribution in [0.2, 0.25) is 0 Å². The molecule has 146 valence electrons. The molecule has 0 fully saturated rings. The van der Waals surface area contributed by atoms with Crippen LogP contribution in [0.1, 0.15) is 5.82 Å². The van der Waals surface area contributed by atoms with Gasteiger partial charge in [0.25, 0.3) is 6.08 Å². The Bertz CT molecular complexity index is 1030. The molecule has 0 aliphatic rings. The van der Waals surface area contributed by atoms with Gasteiger partial charge in [0, 0.05) is 44.4 Å². The molecule has 9 nitrogen and oxygen atoms in total. The van der Waals surface area contributed by atoms with Crippen LogP contribution in [0.3, 0.4) is 0 Å². The second-order valence-corrected chi connectivity index (χ2v) is 6.08. The molecule has 0 atom stereocenters. The Labute approximate surface area is 158 Å². The Hall–Kier alpha value is -3.47. The minimum atomic E-state index is -1.89. The van der Waals surface area contributed by atoms with E-state index in [0.717, 1.165) is 15.9 Å². The predicted octanol–water partition coefficient (Wildman–Crippen LogP) is 1.13. The number of nitrogens with two attached hydrogens (primary N) is 1. The van der Waals surface area contributed by atoms with Gasteiger partial charge in [0.05, 0.1) is 18.1 Å². The van der Waals surface area contributed by atoms with Crippen LogP contribution in [0, 0.1) is 0 Å². The summed E-state index contributed by atoms with van der Waals surface area (Å²) >= 11 is 0. The van der Waals surface area contributed by atoms with Crippen molar-refractivity contribution in [1.29, 1.82) is 0 Å².